The van der Waals surface area contributed by atoms with Gasteiger partial charge in [-0.25, -0.2) is 0 Å². The Morgan fingerprint density at radius 3 is 2.85 bits per heavy atom. The highest BCUT2D eigenvalue weighted by Crippen LogP contribution is 2.33. The van der Waals surface area contributed by atoms with Crippen LogP contribution in [0, 0.1) is 0 Å². The molecule has 0 radical (unpaired) electrons. The van der Waals surface area contributed by atoms with Crippen LogP contribution in [0.15, 0.2) is 36.7 Å². The Balaban J connectivity index is 2.25. The number of rotatable bonds is 4. The number of nitrogens with zero attached hydrogens (tertiary/aromatic N) is 1. The number of hydrogen-bond acceptors (Lipinski definition) is 3. The summed E-state index contributed by atoms with van der Waals surface area (Å²) < 4.78 is 4.62. The summed E-state index contributed by atoms with van der Waals surface area (Å²) in [4.78, 5) is 15.3. The number of esters is 1. The lowest BCUT2D eigenvalue weighted by Crippen LogP contribution is -2.02. The summed E-state index contributed by atoms with van der Waals surface area (Å²) in [5.74, 6) is -0.240. The molecule has 0 spiro atoms. The Bertz CT molecular complexity index is 629. The zero-order chi connectivity index (χ0) is 14.5. The van der Waals surface area contributed by atoms with Crippen LogP contribution >= 0.6 is 23.2 Å². The topological polar surface area (TPSA) is 39.2 Å². The van der Waals surface area contributed by atoms with Crippen LogP contribution in [0.4, 0.5) is 0 Å². The van der Waals surface area contributed by atoms with Crippen molar-refractivity contribution in [1.29, 1.82) is 0 Å². The summed E-state index contributed by atoms with van der Waals surface area (Å²) in [5, 5.41) is 1.00. The number of aryl methyl sites for hydroxylation is 1. The number of halogens is 2. The van der Waals surface area contributed by atoms with Crippen molar-refractivity contribution in [3.05, 3.63) is 52.3 Å². The Labute approximate surface area is 127 Å². The zero-order valence-electron chi connectivity index (χ0n) is 10.9. The van der Waals surface area contributed by atoms with Crippen molar-refractivity contribution in [3.63, 3.8) is 0 Å². The van der Waals surface area contributed by atoms with Crippen LogP contribution in [0.3, 0.4) is 0 Å². The number of aromatic nitrogens is 1. The Morgan fingerprint density at radius 1 is 1.30 bits per heavy atom. The number of pyridine rings is 1. The van der Waals surface area contributed by atoms with Gasteiger partial charge in [0.05, 0.1) is 17.2 Å². The van der Waals surface area contributed by atoms with Gasteiger partial charge in [-0.3, -0.25) is 9.78 Å². The van der Waals surface area contributed by atoms with Gasteiger partial charge in [-0.2, -0.15) is 0 Å². The molecular formula is C15H13Cl2NO2. The average molecular weight is 310 g/mol. The molecule has 1 aromatic heterocycles. The minimum Gasteiger partial charge on any atom is -0.469 e. The second-order valence-electron chi connectivity index (χ2n) is 4.26. The SMILES string of the molecule is COC(=O)CCc1cncc(-c2cccc(Cl)c2Cl)c1. The van der Waals surface area contributed by atoms with Crippen molar-refractivity contribution >= 4 is 29.2 Å². The molecular weight excluding hydrogens is 297 g/mol. The van der Waals surface area contributed by atoms with Gasteiger partial charge in [-0.15, -0.1) is 0 Å². The molecule has 0 bridgehead atoms. The van der Waals surface area contributed by atoms with Gasteiger partial charge in [0.2, 0.25) is 0 Å². The summed E-state index contributed by atoms with van der Waals surface area (Å²) >= 11 is 12.2. The van der Waals surface area contributed by atoms with E-state index in [4.69, 9.17) is 23.2 Å². The minimum atomic E-state index is -0.240. The van der Waals surface area contributed by atoms with Crippen molar-refractivity contribution in [2.45, 2.75) is 12.8 Å². The molecule has 0 saturated heterocycles. The van der Waals surface area contributed by atoms with Crippen LogP contribution in [0.1, 0.15) is 12.0 Å². The molecule has 1 heterocycles. The number of carbonyl (C=O) groups excluding carboxylic acids is 1. The predicted molar refractivity (Wildman–Crippen MR) is 80.0 cm³/mol. The van der Waals surface area contributed by atoms with Crippen LogP contribution in [-0.4, -0.2) is 18.1 Å². The molecule has 5 heteroatoms. The second kappa shape index (κ2) is 6.73. The highest BCUT2D eigenvalue weighted by atomic mass is 35.5. The summed E-state index contributed by atoms with van der Waals surface area (Å²) in [5.41, 5.74) is 2.65. The fraction of sp³-hybridized carbons (Fsp3) is 0.200. The minimum absolute atomic E-state index is 0.240. The predicted octanol–water partition coefficient (Wildman–Crippen LogP) is 4.16. The van der Waals surface area contributed by atoms with Gasteiger partial charge in [-0.05, 0) is 24.1 Å². The first-order valence-corrected chi connectivity index (χ1v) is 6.82. The van der Waals surface area contributed by atoms with E-state index in [1.807, 2.05) is 18.2 Å². The average Bonchev–Trinajstić information content (AvgIpc) is 2.48. The zero-order valence-corrected chi connectivity index (χ0v) is 12.4. The van der Waals surface area contributed by atoms with Crippen molar-refractivity contribution < 1.29 is 9.53 Å². The standard InChI is InChI=1S/C15H13Cl2NO2/c1-20-14(19)6-5-10-7-11(9-18-8-10)12-3-2-4-13(16)15(12)17/h2-4,7-9H,5-6H2,1H3. The number of ether oxygens (including phenoxy) is 1. The monoisotopic (exact) mass is 309 g/mol. The van der Waals surface area contributed by atoms with E-state index in [1.54, 1.807) is 18.5 Å². The molecule has 1 aromatic carbocycles. The maximum atomic E-state index is 11.2. The number of methoxy groups -OCH3 is 1. The molecule has 2 rings (SSSR count). The lowest BCUT2D eigenvalue weighted by Gasteiger charge is -2.07. The third-order valence-electron chi connectivity index (χ3n) is 2.90. The van der Waals surface area contributed by atoms with Gasteiger partial charge in [0, 0.05) is 29.9 Å². The lowest BCUT2D eigenvalue weighted by molar-refractivity contribution is -0.140. The Hall–Kier alpha value is -1.58. The smallest absolute Gasteiger partial charge is 0.305 e. The van der Waals surface area contributed by atoms with E-state index < -0.39 is 0 Å². The molecule has 0 N–H and O–H groups in total. The maximum absolute atomic E-state index is 11.2. The van der Waals surface area contributed by atoms with Crippen LogP contribution in [0.25, 0.3) is 11.1 Å². The van der Waals surface area contributed by atoms with Crippen molar-refractivity contribution in [3.8, 4) is 11.1 Å². The molecule has 20 heavy (non-hydrogen) atoms. The number of benzene rings is 1. The van der Waals surface area contributed by atoms with E-state index in [0.717, 1.165) is 16.7 Å². The van der Waals surface area contributed by atoms with Gasteiger partial charge in [0.15, 0.2) is 0 Å². The maximum Gasteiger partial charge on any atom is 0.305 e. The van der Waals surface area contributed by atoms with E-state index >= 15 is 0 Å². The third-order valence-corrected chi connectivity index (χ3v) is 3.72. The van der Waals surface area contributed by atoms with Crippen LogP contribution in [0.2, 0.25) is 10.0 Å². The van der Waals surface area contributed by atoms with E-state index in [1.165, 1.54) is 7.11 Å². The van der Waals surface area contributed by atoms with E-state index in [9.17, 15) is 4.79 Å². The summed E-state index contributed by atoms with van der Waals surface area (Å²) in [6, 6.07) is 7.41. The van der Waals surface area contributed by atoms with Gasteiger partial charge in [-0.1, -0.05) is 35.3 Å². The Kier molecular flexibility index (Phi) is 4.99. The van der Waals surface area contributed by atoms with Crippen LogP contribution in [-0.2, 0) is 16.0 Å². The van der Waals surface area contributed by atoms with Gasteiger partial charge in [0.25, 0.3) is 0 Å². The molecule has 2 aromatic rings. The van der Waals surface area contributed by atoms with E-state index in [-0.39, 0.29) is 5.97 Å². The van der Waals surface area contributed by atoms with Crippen molar-refractivity contribution in [2.75, 3.05) is 7.11 Å². The van der Waals surface area contributed by atoms with E-state index in [0.29, 0.717) is 22.9 Å². The molecule has 0 aliphatic heterocycles. The molecule has 0 fully saturated rings. The molecule has 0 aliphatic carbocycles. The second-order valence-corrected chi connectivity index (χ2v) is 5.04. The first-order valence-electron chi connectivity index (χ1n) is 6.07. The number of hydrogen-bond donors (Lipinski definition) is 0. The molecule has 0 saturated carbocycles. The van der Waals surface area contributed by atoms with E-state index in [2.05, 4.69) is 9.72 Å². The van der Waals surface area contributed by atoms with Gasteiger partial charge in [0.1, 0.15) is 0 Å². The van der Waals surface area contributed by atoms with Gasteiger partial charge < -0.3 is 4.74 Å². The van der Waals surface area contributed by atoms with Crippen molar-refractivity contribution in [1.82, 2.24) is 4.98 Å². The molecule has 0 aliphatic rings. The van der Waals surface area contributed by atoms with Crippen molar-refractivity contribution in [2.24, 2.45) is 0 Å². The first kappa shape index (κ1) is 14.8. The molecule has 0 amide bonds. The third kappa shape index (κ3) is 3.50. The fourth-order valence-corrected chi connectivity index (χ4v) is 2.26. The lowest BCUT2D eigenvalue weighted by atomic mass is 10.0. The molecule has 0 atom stereocenters. The first-order chi connectivity index (χ1) is 9.61. The normalized spacial score (nSPS) is 10.3. The molecule has 104 valence electrons. The number of carbonyl (C=O) groups is 1. The molecule has 3 nitrogen and oxygen atoms in total. The Morgan fingerprint density at radius 2 is 2.10 bits per heavy atom. The van der Waals surface area contributed by atoms with Crippen LogP contribution in [0.5, 0.6) is 0 Å². The fourth-order valence-electron chi connectivity index (χ4n) is 1.85. The quantitative estimate of drug-likeness (QED) is 0.796. The summed E-state index contributed by atoms with van der Waals surface area (Å²) in [6.07, 6.45) is 4.35. The highest BCUT2D eigenvalue weighted by Gasteiger charge is 2.08. The molecule has 0 unspecified atom stereocenters. The van der Waals surface area contributed by atoms with Gasteiger partial charge >= 0.3 is 5.97 Å². The van der Waals surface area contributed by atoms with Crippen LogP contribution < -0.4 is 0 Å². The largest absolute Gasteiger partial charge is 0.469 e. The summed E-state index contributed by atoms with van der Waals surface area (Å²) in [7, 11) is 1.38. The summed E-state index contributed by atoms with van der Waals surface area (Å²) in [6.45, 7) is 0. The highest BCUT2D eigenvalue weighted by molar-refractivity contribution is 6.43.